The number of piperazine rings is 1. The zero-order valence-corrected chi connectivity index (χ0v) is 7.71. The Labute approximate surface area is 70.2 Å². The van der Waals surface area contributed by atoms with Crippen LogP contribution in [-0.4, -0.2) is 49.6 Å². The molecule has 1 aliphatic rings. The Morgan fingerprint density at radius 2 is 1.82 bits per heavy atom. The maximum Gasteiger partial charge on any atom is 0.0110 e. The van der Waals surface area contributed by atoms with Crippen LogP contribution in [0, 0.1) is 12.8 Å². The zero-order valence-electron chi connectivity index (χ0n) is 7.71. The van der Waals surface area contributed by atoms with Crippen LogP contribution in [0.15, 0.2) is 0 Å². The van der Waals surface area contributed by atoms with Crippen LogP contribution in [0.25, 0.3) is 0 Å². The van der Waals surface area contributed by atoms with Crippen LogP contribution < -0.4 is 0 Å². The molecule has 1 aliphatic heterocycles. The van der Waals surface area contributed by atoms with Crippen LogP contribution in [0.4, 0.5) is 0 Å². The predicted molar refractivity (Wildman–Crippen MR) is 48.5 cm³/mol. The lowest BCUT2D eigenvalue weighted by Gasteiger charge is -2.33. The van der Waals surface area contributed by atoms with E-state index in [1.54, 1.807) is 0 Å². The maximum absolute atomic E-state index is 4.00. The molecular formula is C9H19N2. The van der Waals surface area contributed by atoms with Gasteiger partial charge in [-0.2, -0.15) is 0 Å². The third-order valence-electron chi connectivity index (χ3n) is 2.17. The second kappa shape index (κ2) is 4.07. The first-order valence-corrected chi connectivity index (χ1v) is 4.42. The van der Waals surface area contributed by atoms with Gasteiger partial charge in [0.1, 0.15) is 0 Å². The molecule has 0 amide bonds. The largest absolute Gasteiger partial charge is 0.304 e. The predicted octanol–water partition coefficient (Wildman–Crippen LogP) is 0.704. The molecule has 0 saturated carbocycles. The summed E-state index contributed by atoms with van der Waals surface area (Å²) in [6.07, 6.45) is 0. The smallest absolute Gasteiger partial charge is 0.0110 e. The molecule has 0 aromatic heterocycles. The van der Waals surface area contributed by atoms with Crippen LogP contribution in [0.5, 0.6) is 0 Å². The van der Waals surface area contributed by atoms with E-state index in [1.807, 2.05) is 0 Å². The summed E-state index contributed by atoms with van der Waals surface area (Å²) >= 11 is 0. The van der Waals surface area contributed by atoms with Crippen molar-refractivity contribution in [3.8, 4) is 0 Å². The summed E-state index contributed by atoms with van der Waals surface area (Å²) in [6.45, 7) is 12.2. The quantitative estimate of drug-likeness (QED) is 0.579. The van der Waals surface area contributed by atoms with E-state index < -0.39 is 0 Å². The average molecular weight is 155 g/mol. The van der Waals surface area contributed by atoms with Crippen LogP contribution in [0.3, 0.4) is 0 Å². The Balaban J connectivity index is 2.17. The van der Waals surface area contributed by atoms with E-state index in [0.29, 0.717) is 5.92 Å². The van der Waals surface area contributed by atoms with Gasteiger partial charge in [-0.15, -0.1) is 0 Å². The van der Waals surface area contributed by atoms with E-state index >= 15 is 0 Å². The van der Waals surface area contributed by atoms with Gasteiger partial charge >= 0.3 is 0 Å². The summed E-state index contributed by atoms with van der Waals surface area (Å²) in [5.74, 6) is 0.568. The van der Waals surface area contributed by atoms with Gasteiger partial charge < -0.3 is 9.80 Å². The van der Waals surface area contributed by atoms with E-state index in [4.69, 9.17) is 0 Å². The Morgan fingerprint density at radius 3 is 2.27 bits per heavy atom. The maximum atomic E-state index is 4.00. The Kier molecular flexibility index (Phi) is 3.34. The molecule has 0 aromatic carbocycles. The molecule has 1 unspecified atom stereocenters. The van der Waals surface area contributed by atoms with Crippen molar-refractivity contribution in [3.63, 3.8) is 0 Å². The summed E-state index contributed by atoms with van der Waals surface area (Å²) in [4.78, 5) is 4.88. The highest BCUT2D eigenvalue weighted by Gasteiger charge is 2.13. The average Bonchev–Trinajstić information content (AvgIpc) is 1.93. The second-order valence-corrected chi connectivity index (χ2v) is 3.71. The van der Waals surface area contributed by atoms with Crippen molar-refractivity contribution in [2.45, 2.75) is 6.92 Å². The first-order valence-electron chi connectivity index (χ1n) is 4.42. The molecular weight excluding hydrogens is 136 g/mol. The summed E-state index contributed by atoms with van der Waals surface area (Å²) in [5, 5.41) is 0. The van der Waals surface area contributed by atoms with E-state index in [-0.39, 0.29) is 0 Å². The fourth-order valence-corrected chi connectivity index (χ4v) is 1.47. The molecule has 1 saturated heterocycles. The number of likely N-dealkylation sites (N-methyl/N-ethyl adjacent to an activating group) is 1. The van der Waals surface area contributed by atoms with Gasteiger partial charge in [-0.05, 0) is 19.9 Å². The van der Waals surface area contributed by atoms with Crippen molar-refractivity contribution in [1.29, 1.82) is 0 Å². The lowest BCUT2D eigenvalue weighted by molar-refractivity contribution is 0.145. The molecule has 2 heteroatoms. The summed E-state index contributed by atoms with van der Waals surface area (Å²) in [5.41, 5.74) is 0. The van der Waals surface area contributed by atoms with E-state index in [1.165, 1.54) is 26.2 Å². The molecule has 0 bridgehead atoms. The fourth-order valence-electron chi connectivity index (χ4n) is 1.47. The number of rotatable bonds is 2. The van der Waals surface area contributed by atoms with Gasteiger partial charge in [0.2, 0.25) is 0 Å². The van der Waals surface area contributed by atoms with Crippen molar-refractivity contribution in [2.75, 3.05) is 39.8 Å². The molecule has 0 spiro atoms. The molecule has 0 aliphatic carbocycles. The third-order valence-corrected chi connectivity index (χ3v) is 2.17. The molecule has 2 nitrogen and oxygen atoms in total. The number of hydrogen-bond donors (Lipinski definition) is 0. The highest BCUT2D eigenvalue weighted by Crippen LogP contribution is 2.02. The van der Waals surface area contributed by atoms with Crippen LogP contribution in [0.2, 0.25) is 0 Å². The van der Waals surface area contributed by atoms with Crippen molar-refractivity contribution >= 4 is 0 Å². The normalized spacial score (nSPS) is 22.9. The van der Waals surface area contributed by atoms with Gasteiger partial charge in [-0.1, -0.05) is 6.92 Å². The molecule has 1 rings (SSSR count). The van der Waals surface area contributed by atoms with Gasteiger partial charge in [-0.3, -0.25) is 0 Å². The third kappa shape index (κ3) is 3.21. The van der Waals surface area contributed by atoms with Crippen molar-refractivity contribution in [1.82, 2.24) is 9.80 Å². The van der Waals surface area contributed by atoms with Gasteiger partial charge in [0.25, 0.3) is 0 Å². The summed E-state index contributed by atoms with van der Waals surface area (Å²) in [6, 6.07) is 0. The standard InChI is InChI=1S/C9H19N2/c1-9(2)8-11-6-4-10(3)5-7-11/h9H,1,4-8H2,2-3H3. The van der Waals surface area contributed by atoms with Crippen molar-refractivity contribution in [3.05, 3.63) is 6.92 Å². The highest BCUT2D eigenvalue weighted by molar-refractivity contribution is 4.71. The molecule has 11 heavy (non-hydrogen) atoms. The molecule has 1 heterocycles. The zero-order chi connectivity index (χ0) is 8.27. The van der Waals surface area contributed by atoms with Crippen LogP contribution in [-0.2, 0) is 0 Å². The van der Waals surface area contributed by atoms with Gasteiger partial charge in [0, 0.05) is 32.7 Å². The number of hydrogen-bond acceptors (Lipinski definition) is 2. The monoisotopic (exact) mass is 155 g/mol. The first kappa shape index (κ1) is 9.01. The van der Waals surface area contributed by atoms with Gasteiger partial charge in [0.05, 0.1) is 0 Å². The van der Waals surface area contributed by atoms with Crippen LogP contribution >= 0.6 is 0 Å². The Bertz CT molecular complexity index is 104. The summed E-state index contributed by atoms with van der Waals surface area (Å²) < 4.78 is 0. The van der Waals surface area contributed by atoms with Crippen LogP contribution in [0.1, 0.15) is 6.92 Å². The lowest BCUT2D eigenvalue weighted by Crippen LogP contribution is -2.45. The molecule has 0 N–H and O–H groups in total. The van der Waals surface area contributed by atoms with Crippen molar-refractivity contribution in [2.24, 2.45) is 5.92 Å². The van der Waals surface area contributed by atoms with E-state index in [2.05, 4.69) is 30.7 Å². The number of nitrogens with zero attached hydrogens (tertiary/aromatic N) is 2. The van der Waals surface area contributed by atoms with E-state index in [0.717, 1.165) is 6.54 Å². The molecule has 1 atom stereocenters. The molecule has 1 radical (unpaired) electrons. The minimum atomic E-state index is 0.568. The highest BCUT2D eigenvalue weighted by atomic mass is 15.2. The second-order valence-electron chi connectivity index (χ2n) is 3.71. The Morgan fingerprint density at radius 1 is 1.27 bits per heavy atom. The van der Waals surface area contributed by atoms with Gasteiger partial charge in [0.15, 0.2) is 0 Å². The lowest BCUT2D eigenvalue weighted by atomic mass is 10.2. The molecule has 0 aromatic rings. The Hall–Kier alpha value is -0.0800. The summed E-state index contributed by atoms with van der Waals surface area (Å²) in [7, 11) is 2.19. The SMILES string of the molecule is [CH2]C(C)CN1CCN(C)CC1. The molecule has 65 valence electrons. The van der Waals surface area contributed by atoms with Gasteiger partial charge in [-0.25, -0.2) is 0 Å². The van der Waals surface area contributed by atoms with E-state index in [9.17, 15) is 0 Å². The topological polar surface area (TPSA) is 6.48 Å². The fraction of sp³-hybridized carbons (Fsp3) is 0.889. The first-order chi connectivity index (χ1) is 5.18. The minimum Gasteiger partial charge on any atom is -0.304 e. The molecule has 1 fully saturated rings. The van der Waals surface area contributed by atoms with Crippen molar-refractivity contribution < 1.29 is 0 Å². The minimum absolute atomic E-state index is 0.568.